The lowest BCUT2D eigenvalue weighted by Crippen LogP contribution is -2.63. The van der Waals surface area contributed by atoms with Crippen molar-refractivity contribution in [2.75, 3.05) is 32.9 Å². The van der Waals surface area contributed by atoms with Crippen molar-refractivity contribution in [3.8, 4) is 11.5 Å². The van der Waals surface area contributed by atoms with Gasteiger partial charge in [-0.05, 0) is 84.3 Å². The highest BCUT2D eigenvalue weighted by Gasteiger charge is 2.46. The van der Waals surface area contributed by atoms with E-state index in [1.54, 1.807) is 0 Å². The Hall–Kier alpha value is -3.86. The first kappa shape index (κ1) is 31.1. The van der Waals surface area contributed by atoms with Gasteiger partial charge in [0, 0.05) is 42.3 Å². The Morgan fingerprint density at radius 2 is 1.56 bits per heavy atom. The van der Waals surface area contributed by atoms with Crippen molar-refractivity contribution in [1.29, 1.82) is 0 Å². The van der Waals surface area contributed by atoms with Gasteiger partial charge in [0.05, 0.1) is 12.1 Å². The molecule has 2 aliphatic heterocycles. The van der Waals surface area contributed by atoms with Crippen LogP contribution in [0, 0.1) is 0 Å². The number of piperazine rings is 1. The Labute approximate surface area is 271 Å². The number of ether oxygens (including phenoxy) is 2. The van der Waals surface area contributed by atoms with Crippen LogP contribution in [-0.2, 0) is 17.8 Å². The van der Waals surface area contributed by atoms with Crippen molar-refractivity contribution in [3.05, 3.63) is 99.5 Å². The van der Waals surface area contributed by atoms with Crippen molar-refractivity contribution in [1.82, 2.24) is 15.1 Å². The molecule has 1 aliphatic carbocycles. The van der Waals surface area contributed by atoms with E-state index in [0.29, 0.717) is 57.0 Å². The third-order valence-corrected chi connectivity index (χ3v) is 9.25. The molecule has 3 aromatic rings. The van der Waals surface area contributed by atoms with E-state index in [4.69, 9.17) is 9.47 Å². The van der Waals surface area contributed by atoms with Crippen LogP contribution in [0.25, 0.3) is 5.57 Å². The van der Waals surface area contributed by atoms with Crippen LogP contribution in [0.3, 0.4) is 0 Å². The zero-order chi connectivity index (χ0) is 31.3. The highest BCUT2D eigenvalue weighted by Crippen LogP contribution is 2.40. The van der Waals surface area contributed by atoms with Gasteiger partial charge >= 0.3 is 6.09 Å². The predicted molar refractivity (Wildman–Crippen MR) is 174 cm³/mol. The van der Waals surface area contributed by atoms with Crippen LogP contribution in [0.4, 0.5) is 4.79 Å². The van der Waals surface area contributed by atoms with Crippen molar-refractivity contribution < 1.29 is 29.3 Å². The van der Waals surface area contributed by atoms with Gasteiger partial charge in [-0.3, -0.25) is 9.69 Å². The number of rotatable bonds is 12. The minimum absolute atomic E-state index is 0.0321. The van der Waals surface area contributed by atoms with E-state index in [1.807, 2.05) is 77.7 Å². The van der Waals surface area contributed by atoms with E-state index < -0.39 is 12.1 Å². The second-order valence-electron chi connectivity index (χ2n) is 11.7. The molecule has 0 spiro atoms. The number of hydrogen-bond acceptors (Lipinski definition) is 6. The molecule has 0 unspecified atom stereocenters. The van der Waals surface area contributed by atoms with E-state index in [9.17, 15) is 19.8 Å². The quantitative estimate of drug-likeness (QED) is 0.229. The van der Waals surface area contributed by atoms with Crippen molar-refractivity contribution in [3.63, 3.8) is 0 Å². The average molecular weight is 677 g/mol. The van der Waals surface area contributed by atoms with E-state index in [2.05, 4.69) is 21.2 Å². The van der Waals surface area contributed by atoms with Crippen LogP contribution in [0.1, 0.15) is 36.0 Å². The Morgan fingerprint density at radius 1 is 0.911 bits per heavy atom. The summed E-state index contributed by atoms with van der Waals surface area (Å²) in [6, 6.07) is 22.5. The molecule has 2 bridgehead atoms. The molecule has 2 heterocycles. The van der Waals surface area contributed by atoms with Gasteiger partial charge in [0.1, 0.15) is 24.7 Å². The molecule has 0 radical (unpaired) electrons. The maximum Gasteiger partial charge on any atom is 0.408 e. The number of carboxylic acid groups (broad SMARTS) is 1. The molecule has 6 rings (SSSR count). The fraction of sp³-hybridized carbons (Fsp3) is 0.371. The summed E-state index contributed by atoms with van der Waals surface area (Å²) >= 11 is 3.42. The number of nitrogens with one attached hydrogen (secondary N) is 1. The Bertz CT molecular complexity index is 1540. The van der Waals surface area contributed by atoms with E-state index >= 15 is 0 Å². The topological polar surface area (TPSA) is 112 Å². The van der Waals surface area contributed by atoms with Crippen LogP contribution in [0.2, 0.25) is 0 Å². The molecule has 1 saturated carbocycles. The Balaban J connectivity index is 1.26. The van der Waals surface area contributed by atoms with Crippen LogP contribution in [0.5, 0.6) is 11.5 Å². The molecule has 2 fully saturated rings. The summed E-state index contributed by atoms with van der Waals surface area (Å²) in [6.45, 7) is 2.14. The minimum atomic E-state index is -1.00. The van der Waals surface area contributed by atoms with Gasteiger partial charge < -0.3 is 29.9 Å². The van der Waals surface area contributed by atoms with Crippen LogP contribution >= 0.6 is 15.9 Å². The lowest BCUT2D eigenvalue weighted by atomic mass is 9.82. The summed E-state index contributed by atoms with van der Waals surface area (Å²) in [7, 11) is 0. The fourth-order valence-corrected chi connectivity index (χ4v) is 6.66. The van der Waals surface area contributed by atoms with Crippen LogP contribution in [0.15, 0.2) is 82.8 Å². The van der Waals surface area contributed by atoms with Crippen LogP contribution in [-0.4, -0.2) is 83.0 Å². The summed E-state index contributed by atoms with van der Waals surface area (Å²) in [5.41, 5.74) is 4.36. The molecule has 3 aromatic carbocycles. The standard InChI is InChI=1S/C35H38BrN3O6/c36-26-7-13-30(14-8-26)45-18-17-44-29-11-5-24(6-12-29)31-19-28-20-37-21-32(39(28)35(42)43)33(31)34(41)38(27-9-10-27)22-25-4-2-1-3-23(25)15-16-40/h1-8,11-14,27-28,32,37,40H,9-10,15-22H2,(H,42,43)/t28-,32-/m1/s1. The number of halogens is 1. The van der Waals surface area contributed by atoms with E-state index in [0.717, 1.165) is 45.3 Å². The van der Waals surface area contributed by atoms with Crippen molar-refractivity contribution in [2.45, 2.75) is 50.4 Å². The molecular formula is C35H38BrN3O6. The number of benzene rings is 3. The molecule has 3 aliphatic rings. The first-order chi connectivity index (χ1) is 21.9. The molecule has 45 heavy (non-hydrogen) atoms. The molecular weight excluding hydrogens is 638 g/mol. The maximum atomic E-state index is 14.6. The number of aliphatic hydroxyl groups is 1. The lowest BCUT2D eigenvalue weighted by molar-refractivity contribution is -0.129. The summed E-state index contributed by atoms with van der Waals surface area (Å²) < 4.78 is 12.7. The highest BCUT2D eigenvalue weighted by molar-refractivity contribution is 9.10. The predicted octanol–water partition coefficient (Wildman–Crippen LogP) is 5.11. The van der Waals surface area contributed by atoms with Crippen LogP contribution < -0.4 is 14.8 Å². The lowest BCUT2D eigenvalue weighted by Gasteiger charge is -2.47. The zero-order valence-electron chi connectivity index (χ0n) is 25.0. The Kier molecular flexibility index (Phi) is 9.73. The van der Waals surface area contributed by atoms with Gasteiger partial charge in [-0.2, -0.15) is 0 Å². The first-order valence-electron chi connectivity index (χ1n) is 15.5. The maximum absolute atomic E-state index is 14.6. The smallest absolute Gasteiger partial charge is 0.408 e. The number of carbonyl (C=O) groups excluding carboxylic acids is 1. The number of amides is 2. The summed E-state index contributed by atoms with van der Waals surface area (Å²) in [5, 5.41) is 23.2. The second kappa shape index (κ2) is 14.1. The molecule has 236 valence electrons. The minimum Gasteiger partial charge on any atom is -0.490 e. The molecule has 3 N–H and O–H groups in total. The highest BCUT2D eigenvalue weighted by atomic mass is 79.9. The van der Waals surface area contributed by atoms with Crippen molar-refractivity contribution in [2.24, 2.45) is 0 Å². The molecule has 9 nitrogen and oxygen atoms in total. The molecule has 0 aromatic heterocycles. The fourth-order valence-electron chi connectivity index (χ4n) is 6.40. The average Bonchev–Trinajstić information content (AvgIpc) is 3.89. The van der Waals surface area contributed by atoms with Gasteiger partial charge in [0.15, 0.2) is 0 Å². The van der Waals surface area contributed by atoms with Gasteiger partial charge in [0.2, 0.25) is 0 Å². The number of aliphatic hydroxyl groups excluding tert-OH is 1. The summed E-state index contributed by atoms with van der Waals surface area (Å²) in [5.74, 6) is 1.35. The van der Waals surface area contributed by atoms with E-state index in [-0.39, 0.29) is 24.6 Å². The molecule has 2 atom stereocenters. The molecule has 10 heteroatoms. The number of fused-ring (bicyclic) bond motifs is 2. The largest absolute Gasteiger partial charge is 0.490 e. The van der Waals surface area contributed by atoms with Gasteiger partial charge in [-0.25, -0.2) is 4.79 Å². The van der Waals surface area contributed by atoms with Gasteiger partial charge in [-0.15, -0.1) is 0 Å². The molecule has 2 amide bonds. The second-order valence-corrected chi connectivity index (χ2v) is 12.6. The normalized spacial score (nSPS) is 19.3. The number of hydrogen-bond donors (Lipinski definition) is 3. The first-order valence-corrected chi connectivity index (χ1v) is 16.3. The summed E-state index contributed by atoms with van der Waals surface area (Å²) in [4.78, 5) is 30.5. The number of nitrogens with zero attached hydrogens (tertiary/aromatic N) is 2. The van der Waals surface area contributed by atoms with Gasteiger partial charge in [0.25, 0.3) is 5.91 Å². The third-order valence-electron chi connectivity index (χ3n) is 8.72. The third kappa shape index (κ3) is 7.19. The zero-order valence-corrected chi connectivity index (χ0v) is 26.6. The molecule has 1 saturated heterocycles. The Morgan fingerprint density at radius 3 is 2.18 bits per heavy atom. The number of carbonyl (C=O) groups is 2. The van der Waals surface area contributed by atoms with Crippen molar-refractivity contribution >= 4 is 33.5 Å². The summed E-state index contributed by atoms with van der Waals surface area (Å²) in [6.07, 6.45) is 1.79. The SMILES string of the molecule is O=C(C1=C(c2ccc(OCCOc3ccc(Br)cc3)cc2)C[C@@H]2CNC[C@H]1N2C(=O)O)N(Cc1ccccc1CCO)C1CC1. The monoisotopic (exact) mass is 675 g/mol. The van der Waals surface area contributed by atoms with E-state index in [1.165, 1.54) is 4.90 Å². The van der Waals surface area contributed by atoms with Gasteiger partial charge in [-0.1, -0.05) is 52.3 Å².